The molecule has 31 heavy (non-hydrogen) atoms. The van der Waals surface area contributed by atoms with Crippen LogP contribution in [0.15, 0.2) is 45.7 Å². The molecule has 0 radical (unpaired) electrons. The van der Waals surface area contributed by atoms with E-state index in [1.54, 1.807) is 18.2 Å². The third kappa shape index (κ3) is 4.70. The number of halogens is 1. The lowest BCUT2D eigenvalue weighted by Gasteiger charge is -2.37. The van der Waals surface area contributed by atoms with E-state index in [1.807, 2.05) is 30.0 Å². The molecule has 2 aliphatic heterocycles. The Bertz CT molecular complexity index is 1160. The number of sulfonamides is 1. The molecule has 1 N–H and O–H groups in total. The highest BCUT2D eigenvalue weighted by Crippen LogP contribution is 2.29. The number of carbonyl (C=O) groups excluding carboxylic acids is 1. The summed E-state index contributed by atoms with van der Waals surface area (Å²) in [5, 5.41) is 3.77. The summed E-state index contributed by atoms with van der Waals surface area (Å²) >= 11 is 6.14. The molecule has 0 aromatic heterocycles. The topological polar surface area (TPSA) is 82.1 Å². The highest BCUT2D eigenvalue weighted by atomic mass is 35.5. The van der Waals surface area contributed by atoms with Crippen molar-refractivity contribution in [2.45, 2.75) is 31.6 Å². The van der Waals surface area contributed by atoms with Gasteiger partial charge in [-0.15, -0.1) is 4.40 Å². The van der Waals surface area contributed by atoms with E-state index in [2.05, 4.69) is 21.5 Å². The summed E-state index contributed by atoms with van der Waals surface area (Å²) in [5.41, 5.74) is 3.72. The summed E-state index contributed by atoms with van der Waals surface area (Å²) in [7, 11) is -3.74. The first-order valence-corrected chi connectivity index (χ1v) is 12.1. The quantitative estimate of drug-likeness (QED) is 0.753. The highest BCUT2D eigenvalue weighted by Gasteiger charge is 2.26. The minimum atomic E-state index is -3.74. The normalized spacial score (nSPS) is 17.6. The van der Waals surface area contributed by atoms with Gasteiger partial charge in [0.05, 0.1) is 5.69 Å². The fraction of sp³-hybridized carbons (Fsp3) is 0.364. The summed E-state index contributed by atoms with van der Waals surface area (Å²) in [6, 6.07) is 10.9. The van der Waals surface area contributed by atoms with Gasteiger partial charge >= 0.3 is 0 Å². The summed E-state index contributed by atoms with van der Waals surface area (Å²) in [4.78, 5) is 17.0. The van der Waals surface area contributed by atoms with Crippen LogP contribution in [0.2, 0.25) is 5.02 Å². The molecule has 2 aromatic rings. The number of amides is 1. The number of hydrogen-bond donors (Lipinski definition) is 1. The zero-order chi connectivity index (χ0) is 22.2. The molecule has 0 spiro atoms. The molecule has 0 unspecified atom stereocenters. The molecule has 2 heterocycles. The van der Waals surface area contributed by atoms with Crippen LogP contribution in [0, 0.1) is 13.8 Å². The minimum Gasteiger partial charge on any atom is -0.368 e. The number of rotatable bonds is 4. The second-order valence-electron chi connectivity index (χ2n) is 7.94. The fourth-order valence-corrected chi connectivity index (χ4v) is 5.27. The lowest BCUT2D eigenvalue weighted by Crippen LogP contribution is -2.49. The molecule has 2 aliphatic rings. The molecule has 2 aromatic carbocycles. The smallest absolute Gasteiger partial charge is 0.286 e. The second-order valence-corrected chi connectivity index (χ2v) is 9.95. The Morgan fingerprint density at radius 2 is 1.84 bits per heavy atom. The van der Waals surface area contributed by atoms with Crippen LogP contribution < -0.4 is 10.2 Å². The van der Waals surface area contributed by atoms with Gasteiger partial charge < -0.3 is 15.1 Å². The van der Waals surface area contributed by atoms with Crippen LogP contribution in [0.4, 0.5) is 11.4 Å². The number of nitrogens with zero attached hydrogens (tertiary/aromatic N) is 3. The van der Waals surface area contributed by atoms with E-state index in [-0.39, 0.29) is 23.6 Å². The molecule has 4 rings (SSSR count). The van der Waals surface area contributed by atoms with E-state index in [0.717, 1.165) is 29.9 Å². The monoisotopic (exact) mass is 460 g/mol. The lowest BCUT2D eigenvalue weighted by atomic mass is 10.1. The first-order chi connectivity index (χ1) is 14.7. The molecular weight excluding hydrogens is 436 g/mol. The van der Waals surface area contributed by atoms with Gasteiger partial charge in [-0.2, -0.15) is 8.42 Å². The minimum absolute atomic E-state index is 0.000553. The Morgan fingerprint density at radius 1 is 1.10 bits per heavy atom. The lowest BCUT2D eigenvalue weighted by molar-refractivity contribution is -0.131. The average molecular weight is 461 g/mol. The largest absolute Gasteiger partial charge is 0.368 e. The van der Waals surface area contributed by atoms with Gasteiger partial charge in [0, 0.05) is 49.7 Å². The molecule has 1 fully saturated rings. The molecule has 0 aliphatic carbocycles. The van der Waals surface area contributed by atoms with Crippen molar-refractivity contribution in [1.29, 1.82) is 0 Å². The molecule has 164 valence electrons. The van der Waals surface area contributed by atoms with E-state index < -0.39 is 10.0 Å². The van der Waals surface area contributed by atoms with Gasteiger partial charge in [0.2, 0.25) is 5.91 Å². The van der Waals surface area contributed by atoms with Crippen LogP contribution in [0.1, 0.15) is 24.0 Å². The first kappa shape index (κ1) is 21.6. The Morgan fingerprint density at radius 3 is 2.58 bits per heavy atom. The van der Waals surface area contributed by atoms with Gasteiger partial charge in [0.1, 0.15) is 10.7 Å². The van der Waals surface area contributed by atoms with Crippen LogP contribution in [-0.2, 0) is 14.8 Å². The molecule has 0 bridgehead atoms. The summed E-state index contributed by atoms with van der Waals surface area (Å²) in [6.45, 7) is 6.64. The number of amidine groups is 1. The second kappa shape index (κ2) is 8.51. The zero-order valence-corrected chi connectivity index (χ0v) is 19.1. The van der Waals surface area contributed by atoms with Gasteiger partial charge in [-0.1, -0.05) is 23.7 Å². The molecule has 0 atom stereocenters. The Balaban J connectivity index is 1.35. The Hall–Kier alpha value is -2.58. The zero-order valence-electron chi connectivity index (χ0n) is 17.6. The average Bonchev–Trinajstić information content (AvgIpc) is 2.73. The highest BCUT2D eigenvalue weighted by molar-refractivity contribution is 7.90. The maximum absolute atomic E-state index is 12.7. The Kier molecular flexibility index (Phi) is 5.94. The molecular formula is C22H25ClN4O3S. The SMILES string of the molecule is Cc1ccc2c(c1)NC(CCC(=O)N1CCN(c3cc(Cl)ccc3C)CC1)=NS2(=O)=O. The van der Waals surface area contributed by atoms with Crippen molar-refractivity contribution in [3.63, 3.8) is 0 Å². The van der Waals surface area contributed by atoms with Crippen LogP contribution in [-0.4, -0.2) is 51.2 Å². The van der Waals surface area contributed by atoms with Crippen LogP contribution in [0.25, 0.3) is 0 Å². The first-order valence-electron chi connectivity index (χ1n) is 10.2. The number of hydrogen-bond acceptors (Lipinski definition) is 5. The van der Waals surface area contributed by atoms with Crippen molar-refractivity contribution in [2.75, 3.05) is 36.4 Å². The molecule has 0 saturated carbocycles. The standard InChI is InChI=1S/C22H25ClN4O3S/c1-15-3-6-20-18(13-15)24-21(25-31(20,29)30)7-8-22(28)27-11-9-26(10-12-27)19-14-17(23)5-4-16(19)2/h3-6,13-14H,7-12H2,1-2H3,(H,24,25). The van der Waals surface area contributed by atoms with E-state index >= 15 is 0 Å². The number of piperazine rings is 1. The number of benzene rings is 2. The molecule has 1 saturated heterocycles. The fourth-order valence-electron chi connectivity index (χ4n) is 3.95. The van der Waals surface area contributed by atoms with E-state index in [4.69, 9.17) is 11.6 Å². The number of fused-ring (bicyclic) bond motifs is 1. The third-order valence-electron chi connectivity index (χ3n) is 5.64. The summed E-state index contributed by atoms with van der Waals surface area (Å²) in [5.74, 6) is 0.305. The number of carbonyl (C=O) groups is 1. The number of anilines is 2. The van der Waals surface area contributed by atoms with E-state index in [1.165, 1.54) is 0 Å². The van der Waals surface area contributed by atoms with Crippen molar-refractivity contribution in [2.24, 2.45) is 4.40 Å². The van der Waals surface area contributed by atoms with Crippen molar-refractivity contribution in [3.05, 3.63) is 52.5 Å². The van der Waals surface area contributed by atoms with Crippen molar-refractivity contribution in [3.8, 4) is 0 Å². The van der Waals surface area contributed by atoms with Crippen molar-refractivity contribution in [1.82, 2.24) is 4.90 Å². The number of nitrogens with one attached hydrogen (secondary N) is 1. The van der Waals surface area contributed by atoms with Gasteiger partial charge in [-0.3, -0.25) is 4.79 Å². The molecule has 1 amide bonds. The molecule has 7 nitrogen and oxygen atoms in total. The van der Waals surface area contributed by atoms with Crippen LogP contribution in [0.5, 0.6) is 0 Å². The van der Waals surface area contributed by atoms with Gasteiger partial charge in [-0.05, 0) is 49.2 Å². The maximum Gasteiger partial charge on any atom is 0.286 e. The maximum atomic E-state index is 12.7. The summed E-state index contributed by atoms with van der Waals surface area (Å²) < 4.78 is 28.7. The predicted molar refractivity (Wildman–Crippen MR) is 124 cm³/mol. The van der Waals surface area contributed by atoms with E-state index in [9.17, 15) is 13.2 Å². The number of aryl methyl sites for hydroxylation is 2. The Labute approximate surface area is 187 Å². The third-order valence-corrected chi connectivity index (χ3v) is 7.25. The predicted octanol–water partition coefficient (Wildman–Crippen LogP) is 3.60. The van der Waals surface area contributed by atoms with Crippen molar-refractivity contribution >= 4 is 44.7 Å². The van der Waals surface area contributed by atoms with Gasteiger partial charge in [0.25, 0.3) is 10.0 Å². The van der Waals surface area contributed by atoms with E-state index in [0.29, 0.717) is 29.6 Å². The van der Waals surface area contributed by atoms with Crippen molar-refractivity contribution < 1.29 is 13.2 Å². The molecule has 9 heteroatoms. The van der Waals surface area contributed by atoms with Gasteiger partial charge in [-0.25, -0.2) is 0 Å². The van der Waals surface area contributed by atoms with Crippen LogP contribution >= 0.6 is 11.6 Å². The summed E-state index contributed by atoms with van der Waals surface area (Å²) in [6.07, 6.45) is 0.456. The van der Waals surface area contributed by atoms with Gasteiger partial charge in [0.15, 0.2) is 0 Å². The van der Waals surface area contributed by atoms with Crippen LogP contribution in [0.3, 0.4) is 0 Å².